The normalized spacial score (nSPS) is 21.0. The van der Waals surface area contributed by atoms with Crippen molar-refractivity contribution in [2.24, 2.45) is 0 Å². The lowest BCUT2D eigenvalue weighted by Crippen LogP contribution is -2.34. The maximum atomic E-state index is 13.6. The van der Waals surface area contributed by atoms with Crippen LogP contribution in [0.3, 0.4) is 0 Å². The van der Waals surface area contributed by atoms with E-state index in [1.807, 2.05) is 24.3 Å². The minimum absolute atomic E-state index is 0.0410. The van der Waals surface area contributed by atoms with Crippen LogP contribution in [-0.2, 0) is 0 Å². The zero-order valence-electron chi connectivity index (χ0n) is 11.0. The number of halogens is 4. The lowest BCUT2D eigenvalue weighted by molar-refractivity contribution is 0.371. The molecule has 0 heterocycles. The van der Waals surface area contributed by atoms with E-state index in [4.69, 9.17) is 11.6 Å². The van der Waals surface area contributed by atoms with Gasteiger partial charge in [0.05, 0.1) is 0 Å². The molecule has 110 valence electrons. The Morgan fingerprint density at radius 2 is 1.62 bits per heavy atom. The van der Waals surface area contributed by atoms with E-state index in [9.17, 15) is 13.2 Å². The molecule has 3 rings (SSSR count). The smallest absolute Gasteiger partial charge is 0.152 e. The summed E-state index contributed by atoms with van der Waals surface area (Å²) in [4.78, 5) is 0. The van der Waals surface area contributed by atoms with Crippen LogP contribution in [0.15, 0.2) is 36.4 Å². The Morgan fingerprint density at radius 3 is 2.24 bits per heavy atom. The molecule has 1 nitrogen and oxygen atoms in total. The number of hydrogen-bond donors (Lipinski definition) is 1. The van der Waals surface area contributed by atoms with Gasteiger partial charge in [-0.1, -0.05) is 29.8 Å². The first kappa shape index (κ1) is 14.3. The van der Waals surface area contributed by atoms with Gasteiger partial charge in [-0.05, 0) is 30.4 Å². The molecule has 21 heavy (non-hydrogen) atoms. The maximum Gasteiger partial charge on any atom is 0.152 e. The molecular formula is C16H13ClF3N. The van der Waals surface area contributed by atoms with Crippen molar-refractivity contribution in [1.29, 1.82) is 0 Å². The molecule has 0 spiro atoms. The molecule has 0 atom stereocenters. The van der Waals surface area contributed by atoms with Gasteiger partial charge in [-0.25, -0.2) is 13.2 Å². The molecule has 1 saturated carbocycles. The molecular weight excluding hydrogens is 299 g/mol. The Labute approximate surface area is 125 Å². The van der Waals surface area contributed by atoms with Crippen LogP contribution in [0.25, 0.3) is 0 Å². The molecule has 1 aliphatic rings. The first-order chi connectivity index (χ1) is 10.0. The maximum absolute atomic E-state index is 13.6. The lowest BCUT2D eigenvalue weighted by Gasteiger charge is -2.37. The molecule has 1 aliphatic carbocycles. The van der Waals surface area contributed by atoms with Crippen molar-refractivity contribution in [3.63, 3.8) is 0 Å². The average Bonchev–Trinajstić information content (AvgIpc) is 2.37. The molecule has 0 radical (unpaired) electrons. The fraction of sp³-hybridized carbons (Fsp3) is 0.250. The van der Waals surface area contributed by atoms with E-state index in [0.29, 0.717) is 17.2 Å². The number of rotatable bonds is 3. The summed E-state index contributed by atoms with van der Waals surface area (Å²) < 4.78 is 40.0. The van der Waals surface area contributed by atoms with E-state index in [2.05, 4.69) is 5.32 Å². The molecule has 1 fully saturated rings. The minimum atomic E-state index is -0.918. The highest BCUT2D eigenvalue weighted by Crippen LogP contribution is 2.41. The van der Waals surface area contributed by atoms with Crippen LogP contribution in [0.5, 0.6) is 0 Å². The van der Waals surface area contributed by atoms with Gasteiger partial charge in [-0.3, -0.25) is 0 Å². The highest BCUT2D eigenvalue weighted by Gasteiger charge is 2.32. The molecule has 0 aromatic heterocycles. The van der Waals surface area contributed by atoms with Crippen LogP contribution in [0.4, 0.5) is 18.9 Å². The van der Waals surface area contributed by atoms with Crippen LogP contribution < -0.4 is 5.32 Å². The molecule has 0 amide bonds. The summed E-state index contributed by atoms with van der Waals surface area (Å²) in [7, 11) is 0. The van der Waals surface area contributed by atoms with Crippen LogP contribution in [-0.4, -0.2) is 6.04 Å². The quantitative estimate of drug-likeness (QED) is 0.830. The summed E-state index contributed by atoms with van der Waals surface area (Å²) >= 11 is 6.13. The summed E-state index contributed by atoms with van der Waals surface area (Å²) in [5, 5.41) is 3.51. The fourth-order valence-electron chi connectivity index (χ4n) is 2.68. The van der Waals surface area contributed by atoms with Crippen molar-refractivity contribution < 1.29 is 13.2 Å². The SMILES string of the molecule is Fc1cc(F)c(NC2CC(c3ccccc3Cl)C2)c(F)c1. The summed E-state index contributed by atoms with van der Waals surface area (Å²) in [6.45, 7) is 0. The van der Waals surface area contributed by atoms with Crippen molar-refractivity contribution in [3.8, 4) is 0 Å². The van der Waals surface area contributed by atoms with E-state index < -0.39 is 17.5 Å². The number of anilines is 1. The summed E-state index contributed by atoms with van der Waals surface area (Å²) in [5.41, 5.74) is 0.788. The third-order valence-corrected chi connectivity index (χ3v) is 4.18. The average molecular weight is 312 g/mol. The van der Waals surface area contributed by atoms with Crippen LogP contribution in [0.1, 0.15) is 24.3 Å². The Balaban J connectivity index is 1.67. The Hall–Kier alpha value is -1.68. The highest BCUT2D eigenvalue weighted by atomic mass is 35.5. The summed E-state index contributed by atoms with van der Waals surface area (Å²) in [6, 6.07) is 8.88. The summed E-state index contributed by atoms with van der Waals surface area (Å²) in [6.07, 6.45) is 1.47. The highest BCUT2D eigenvalue weighted by molar-refractivity contribution is 6.31. The van der Waals surface area contributed by atoms with Gasteiger partial charge in [0.1, 0.15) is 11.5 Å². The number of nitrogens with one attached hydrogen (secondary N) is 1. The third kappa shape index (κ3) is 2.86. The molecule has 2 aromatic rings. The first-order valence-electron chi connectivity index (χ1n) is 6.70. The van der Waals surface area contributed by atoms with Crippen LogP contribution >= 0.6 is 11.6 Å². The monoisotopic (exact) mass is 311 g/mol. The molecule has 0 saturated heterocycles. The van der Waals surface area contributed by atoms with Gasteiger partial charge >= 0.3 is 0 Å². The third-order valence-electron chi connectivity index (χ3n) is 3.84. The molecule has 0 aliphatic heterocycles. The second-order valence-corrected chi connectivity index (χ2v) is 5.68. The van der Waals surface area contributed by atoms with Crippen molar-refractivity contribution in [1.82, 2.24) is 0 Å². The van der Waals surface area contributed by atoms with Gasteiger partial charge in [-0.2, -0.15) is 0 Å². The Bertz CT molecular complexity index is 645. The van der Waals surface area contributed by atoms with Gasteiger partial charge in [0.15, 0.2) is 11.6 Å². The summed E-state index contributed by atoms with van der Waals surface area (Å²) in [5.74, 6) is -2.46. The van der Waals surface area contributed by atoms with Crippen molar-refractivity contribution in [2.75, 3.05) is 5.32 Å². The zero-order chi connectivity index (χ0) is 15.0. The van der Waals surface area contributed by atoms with Gasteiger partial charge in [-0.15, -0.1) is 0 Å². The van der Waals surface area contributed by atoms with E-state index in [1.54, 1.807) is 0 Å². The van der Waals surface area contributed by atoms with Crippen molar-refractivity contribution in [3.05, 3.63) is 64.4 Å². The van der Waals surface area contributed by atoms with E-state index in [1.165, 1.54) is 0 Å². The minimum Gasteiger partial charge on any atom is -0.378 e. The fourth-order valence-corrected chi connectivity index (χ4v) is 2.97. The largest absolute Gasteiger partial charge is 0.378 e. The predicted octanol–water partition coefficient (Wildman–Crippen LogP) is 5.12. The second-order valence-electron chi connectivity index (χ2n) is 5.28. The van der Waals surface area contributed by atoms with Crippen LogP contribution in [0.2, 0.25) is 5.02 Å². The Kier molecular flexibility index (Phi) is 3.81. The van der Waals surface area contributed by atoms with Gasteiger partial charge in [0, 0.05) is 23.2 Å². The lowest BCUT2D eigenvalue weighted by atomic mass is 9.75. The zero-order valence-corrected chi connectivity index (χ0v) is 11.8. The van der Waals surface area contributed by atoms with Gasteiger partial charge < -0.3 is 5.32 Å². The molecule has 1 N–H and O–H groups in total. The van der Waals surface area contributed by atoms with Crippen LogP contribution in [0, 0.1) is 17.5 Å². The molecule has 0 unspecified atom stereocenters. The van der Waals surface area contributed by atoms with E-state index >= 15 is 0 Å². The predicted molar refractivity (Wildman–Crippen MR) is 77.2 cm³/mol. The molecule has 5 heteroatoms. The first-order valence-corrected chi connectivity index (χ1v) is 7.08. The number of benzene rings is 2. The Morgan fingerprint density at radius 1 is 1.00 bits per heavy atom. The second kappa shape index (κ2) is 5.60. The van der Waals surface area contributed by atoms with E-state index in [0.717, 1.165) is 18.4 Å². The van der Waals surface area contributed by atoms with E-state index in [-0.39, 0.29) is 17.6 Å². The van der Waals surface area contributed by atoms with Crippen molar-refractivity contribution >= 4 is 17.3 Å². The van der Waals surface area contributed by atoms with Crippen molar-refractivity contribution in [2.45, 2.75) is 24.8 Å². The molecule has 2 aromatic carbocycles. The van der Waals surface area contributed by atoms with Gasteiger partial charge in [0.2, 0.25) is 0 Å². The standard InChI is InChI=1S/C16H13ClF3N/c17-13-4-2-1-3-12(13)9-5-11(6-9)21-16-14(19)7-10(18)8-15(16)20/h1-4,7-9,11,21H,5-6H2. The molecule has 0 bridgehead atoms. The van der Waals surface area contributed by atoms with Gasteiger partial charge in [0.25, 0.3) is 0 Å². The number of hydrogen-bond acceptors (Lipinski definition) is 1. The topological polar surface area (TPSA) is 12.0 Å².